The highest BCUT2D eigenvalue weighted by Gasteiger charge is 2.43. The molecule has 1 saturated heterocycles. The smallest absolute Gasteiger partial charge is 0.411 e. The summed E-state index contributed by atoms with van der Waals surface area (Å²) < 4.78 is 10.1. The van der Waals surface area contributed by atoms with Crippen molar-refractivity contribution in [1.29, 1.82) is 0 Å². The highest BCUT2D eigenvalue weighted by molar-refractivity contribution is 5.83. The lowest BCUT2D eigenvalue weighted by molar-refractivity contribution is -0.144. The SMILES string of the molecule is C=CC(=O)O[C@H]1C[C@H](C(=O)O)N(C(=O)OC(C)(C)C)C1. The molecule has 0 unspecified atom stereocenters. The Balaban J connectivity index is 2.77. The molecule has 1 amide bonds. The molecule has 1 aliphatic heterocycles. The van der Waals surface area contributed by atoms with Gasteiger partial charge in [-0.15, -0.1) is 0 Å². The van der Waals surface area contributed by atoms with E-state index in [9.17, 15) is 14.4 Å². The fourth-order valence-corrected chi connectivity index (χ4v) is 1.85. The fourth-order valence-electron chi connectivity index (χ4n) is 1.85. The van der Waals surface area contributed by atoms with E-state index in [-0.39, 0.29) is 13.0 Å². The lowest BCUT2D eigenvalue weighted by atomic mass is 10.2. The molecule has 1 aliphatic rings. The van der Waals surface area contributed by atoms with Crippen molar-refractivity contribution in [2.24, 2.45) is 0 Å². The molecule has 7 heteroatoms. The molecule has 20 heavy (non-hydrogen) atoms. The van der Waals surface area contributed by atoms with Crippen LogP contribution in [0.3, 0.4) is 0 Å². The van der Waals surface area contributed by atoms with Crippen LogP contribution in [-0.4, -0.2) is 52.3 Å². The minimum absolute atomic E-state index is 0.00847. The van der Waals surface area contributed by atoms with Crippen LogP contribution in [0.25, 0.3) is 0 Å². The van der Waals surface area contributed by atoms with Gasteiger partial charge in [-0.2, -0.15) is 0 Å². The third-order valence-corrected chi connectivity index (χ3v) is 2.63. The summed E-state index contributed by atoms with van der Waals surface area (Å²) in [6.45, 7) is 8.31. The van der Waals surface area contributed by atoms with Crippen molar-refractivity contribution in [3.63, 3.8) is 0 Å². The summed E-state index contributed by atoms with van der Waals surface area (Å²) in [6.07, 6.45) is -0.378. The maximum atomic E-state index is 12.0. The second-order valence-corrected chi connectivity index (χ2v) is 5.49. The Morgan fingerprint density at radius 1 is 1.35 bits per heavy atom. The van der Waals surface area contributed by atoms with Gasteiger partial charge in [0, 0.05) is 12.5 Å². The van der Waals surface area contributed by atoms with Crippen LogP contribution in [0.2, 0.25) is 0 Å². The van der Waals surface area contributed by atoms with E-state index in [0.717, 1.165) is 11.0 Å². The summed E-state index contributed by atoms with van der Waals surface area (Å²) >= 11 is 0. The Morgan fingerprint density at radius 3 is 2.40 bits per heavy atom. The largest absolute Gasteiger partial charge is 0.480 e. The number of likely N-dealkylation sites (tertiary alicyclic amines) is 1. The number of esters is 1. The van der Waals surface area contributed by atoms with Crippen LogP contribution in [-0.2, 0) is 19.1 Å². The Labute approximate surface area is 117 Å². The molecule has 0 radical (unpaired) electrons. The van der Waals surface area contributed by atoms with Crippen molar-refractivity contribution in [3.8, 4) is 0 Å². The van der Waals surface area contributed by atoms with Gasteiger partial charge >= 0.3 is 18.0 Å². The van der Waals surface area contributed by atoms with Crippen LogP contribution in [0, 0.1) is 0 Å². The summed E-state index contributed by atoms with van der Waals surface area (Å²) in [5.74, 6) is -1.81. The number of carbonyl (C=O) groups excluding carboxylic acids is 2. The first-order valence-corrected chi connectivity index (χ1v) is 6.19. The molecule has 1 heterocycles. The molecule has 0 aromatic rings. The summed E-state index contributed by atoms with van der Waals surface area (Å²) in [7, 11) is 0. The van der Waals surface area contributed by atoms with Crippen molar-refractivity contribution in [2.45, 2.75) is 44.9 Å². The zero-order valence-electron chi connectivity index (χ0n) is 11.8. The number of carboxylic acid groups (broad SMARTS) is 1. The molecule has 1 N–H and O–H groups in total. The van der Waals surface area contributed by atoms with E-state index in [1.165, 1.54) is 0 Å². The zero-order chi connectivity index (χ0) is 15.5. The van der Waals surface area contributed by atoms with E-state index in [4.69, 9.17) is 14.6 Å². The predicted octanol–water partition coefficient (Wildman–Crippen LogP) is 1.18. The average molecular weight is 285 g/mol. The van der Waals surface area contributed by atoms with Gasteiger partial charge in [0.15, 0.2) is 0 Å². The monoisotopic (exact) mass is 285 g/mol. The number of amides is 1. The molecule has 112 valence electrons. The maximum absolute atomic E-state index is 12.0. The zero-order valence-corrected chi connectivity index (χ0v) is 11.8. The first-order valence-electron chi connectivity index (χ1n) is 6.19. The number of rotatable bonds is 3. The number of carbonyl (C=O) groups is 3. The van der Waals surface area contributed by atoms with Crippen molar-refractivity contribution in [2.75, 3.05) is 6.54 Å². The summed E-state index contributed by atoms with van der Waals surface area (Å²) in [6, 6.07) is -1.06. The molecule has 0 aromatic heterocycles. The average Bonchev–Trinajstić information content (AvgIpc) is 2.70. The van der Waals surface area contributed by atoms with Crippen LogP contribution < -0.4 is 0 Å². The maximum Gasteiger partial charge on any atom is 0.411 e. The molecule has 0 bridgehead atoms. The number of hydrogen-bond acceptors (Lipinski definition) is 5. The Bertz CT molecular complexity index is 425. The molecule has 1 rings (SSSR count). The number of aliphatic carboxylic acids is 1. The van der Waals surface area contributed by atoms with Crippen LogP contribution in [0.15, 0.2) is 12.7 Å². The van der Waals surface area contributed by atoms with E-state index >= 15 is 0 Å². The lowest BCUT2D eigenvalue weighted by Gasteiger charge is -2.26. The van der Waals surface area contributed by atoms with Crippen LogP contribution in [0.4, 0.5) is 4.79 Å². The summed E-state index contributed by atoms with van der Waals surface area (Å²) in [5, 5.41) is 9.13. The quantitative estimate of drug-likeness (QED) is 0.618. The molecule has 1 fully saturated rings. The van der Waals surface area contributed by atoms with Crippen molar-refractivity contribution < 1.29 is 29.0 Å². The van der Waals surface area contributed by atoms with Gasteiger partial charge in [-0.25, -0.2) is 14.4 Å². The number of hydrogen-bond donors (Lipinski definition) is 1. The van der Waals surface area contributed by atoms with Crippen molar-refractivity contribution in [1.82, 2.24) is 4.90 Å². The van der Waals surface area contributed by atoms with E-state index < -0.39 is 35.8 Å². The van der Waals surface area contributed by atoms with Gasteiger partial charge < -0.3 is 14.6 Å². The van der Waals surface area contributed by atoms with Crippen LogP contribution >= 0.6 is 0 Å². The van der Waals surface area contributed by atoms with Crippen LogP contribution in [0.1, 0.15) is 27.2 Å². The van der Waals surface area contributed by atoms with E-state index in [0.29, 0.717) is 0 Å². The molecule has 2 atom stereocenters. The van der Waals surface area contributed by atoms with E-state index in [2.05, 4.69) is 6.58 Å². The van der Waals surface area contributed by atoms with Gasteiger partial charge in [0.1, 0.15) is 17.7 Å². The summed E-state index contributed by atoms with van der Waals surface area (Å²) in [4.78, 5) is 35.3. The third-order valence-electron chi connectivity index (χ3n) is 2.63. The predicted molar refractivity (Wildman–Crippen MR) is 69.1 cm³/mol. The van der Waals surface area contributed by atoms with Crippen LogP contribution in [0.5, 0.6) is 0 Å². The molecule has 0 saturated carbocycles. The second kappa shape index (κ2) is 5.94. The topological polar surface area (TPSA) is 93.1 Å². The fraction of sp³-hybridized carbons (Fsp3) is 0.615. The molecule has 0 aromatic carbocycles. The Hall–Kier alpha value is -2.05. The minimum atomic E-state index is -1.16. The molecular weight excluding hydrogens is 266 g/mol. The van der Waals surface area contributed by atoms with Gasteiger partial charge in [0.2, 0.25) is 0 Å². The standard InChI is InChI=1S/C13H19NO6/c1-5-10(15)19-8-6-9(11(16)17)14(7-8)12(18)20-13(2,3)4/h5,8-9H,1,6-7H2,2-4H3,(H,16,17)/t8-,9+/m0/s1. The number of carboxylic acids is 1. The highest BCUT2D eigenvalue weighted by atomic mass is 16.6. The van der Waals surface area contributed by atoms with E-state index in [1.807, 2.05) is 0 Å². The second-order valence-electron chi connectivity index (χ2n) is 5.49. The highest BCUT2D eigenvalue weighted by Crippen LogP contribution is 2.23. The number of ether oxygens (including phenoxy) is 2. The van der Waals surface area contributed by atoms with Gasteiger partial charge in [-0.1, -0.05) is 6.58 Å². The normalized spacial score (nSPS) is 22.2. The minimum Gasteiger partial charge on any atom is -0.480 e. The molecular formula is C13H19NO6. The van der Waals surface area contributed by atoms with Crippen molar-refractivity contribution >= 4 is 18.0 Å². The molecule has 7 nitrogen and oxygen atoms in total. The van der Waals surface area contributed by atoms with Crippen molar-refractivity contribution in [3.05, 3.63) is 12.7 Å². The van der Waals surface area contributed by atoms with Gasteiger partial charge in [-0.05, 0) is 20.8 Å². The Kier molecular flexibility index (Phi) is 4.75. The van der Waals surface area contributed by atoms with Gasteiger partial charge in [-0.3, -0.25) is 4.90 Å². The molecule has 0 spiro atoms. The van der Waals surface area contributed by atoms with Gasteiger partial charge in [0.25, 0.3) is 0 Å². The Morgan fingerprint density at radius 2 is 1.95 bits per heavy atom. The molecule has 0 aliphatic carbocycles. The number of nitrogens with zero attached hydrogens (tertiary/aromatic N) is 1. The van der Waals surface area contributed by atoms with E-state index in [1.54, 1.807) is 20.8 Å². The lowest BCUT2D eigenvalue weighted by Crippen LogP contribution is -2.43. The third kappa shape index (κ3) is 4.25. The summed E-state index contributed by atoms with van der Waals surface area (Å²) in [5.41, 5.74) is -0.726. The van der Waals surface area contributed by atoms with Gasteiger partial charge in [0.05, 0.1) is 6.54 Å². The first kappa shape index (κ1) is 16.0. The first-order chi connectivity index (χ1) is 9.14.